The summed E-state index contributed by atoms with van der Waals surface area (Å²) in [5, 5.41) is 1.79. The Kier molecular flexibility index (Phi) is 3.98. The van der Waals surface area contributed by atoms with Gasteiger partial charge in [0.25, 0.3) is 5.91 Å². The van der Waals surface area contributed by atoms with Crippen molar-refractivity contribution in [2.24, 2.45) is 0 Å². The summed E-state index contributed by atoms with van der Waals surface area (Å²) in [4.78, 5) is 12.0. The molecule has 0 unspecified atom stereocenters. The van der Waals surface area contributed by atoms with E-state index in [-0.39, 0.29) is 10.8 Å². The zero-order valence-electron chi connectivity index (χ0n) is 9.15. The van der Waals surface area contributed by atoms with Gasteiger partial charge in [-0.1, -0.05) is 0 Å². The Hall–Kier alpha value is -1.11. The van der Waals surface area contributed by atoms with Gasteiger partial charge < -0.3 is 4.74 Å². The highest BCUT2D eigenvalue weighted by Crippen LogP contribution is 2.14. The predicted octanol–water partition coefficient (Wildman–Crippen LogP) is 1.09. The smallest absolute Gasteiger partial charge is 0.265 e. The van der Waals surface area contributed by atoms with Crippen LogP contribution in [-0.2, 0) is 4.74 Å². The molecule has 1 amide bonds. The van der Waals surface area contributed by atoms with Gasteiger partial charge in [0.05, 0.1) is 13.2 Å². The van der Waals surface area contributed by atoms with E-state index >= 15 is 0 Å². The maximum Gasteiger partial charge on any atom is 0.265 e. The van der Waals surface area contributed by atoms with Crippen molar-refractivity contribution in [1.82, 2.24) is 10.4 Å². The molecule has 0 aromatic heterocycles. The largest absolute Gasteiger partial charge is 0.379 e. The molecule has 0 saturated carbocycles. The van der Waals surface area contributed by atoms with E-state index in [1.807, 2.05) is 0 Å². The monoisotopic (exact) mass is 256 g/mol. The molecule has 17 heavy (non-hydrogen) atoms. The van der Waals surface area contributed by atoms with Crippen LogP contribution in [0.3, 0.4) is 0 Å². The standard InChI is InChI=1S/C11H13FN2O2S/c12-9-2-1-8(7-10(9)17)11(15)13-14-3-5-16-6-4-14/h1-2,7,17H,3-6H2,(H,13,15). The Morgan fingerprint density at radius 2 is 2.12 bits per heavy atom. The number of benzene rings is 1. The summed E-state index contributed by atoms with van der Waals surface area (Å²) in [7, 11) is 0. The molecule has 1 aliphatic rings. The third kappa shape index (κ3) is 3.18. The summed E-state index contributed by atoms with van der Waals surface area (Å²) in [6.45, 7) is 2.50. The number of halogens is 1. The van der Waals surface area contributed by atoms with E-state index in [2.05, 4.69) is 18.1 Å². The Balaban J connectivity index is 2.01. The lowest BCUT2D eigenvalue weighted by molar-refractivity contribution is 0.0126. The number of hydrazine groups is 1. The van der Waals surface area contributed by atoms with E-state index in [9.17, 15) is 9.18 Å². The molecule has 0 spiro atoms. The van der Waals surface area contributed by atoms with Gasteiger partial charge in [0.15, 0.2) is 0 Å². The number of nitrogens with zero attached hydrogens (tertiary/aromatic N) is 1. The molecule has 0 atom stereocenters. The fourth-order valence-corrected chi connectivity index (χ4v) is 1.75. The van der Waals surface area contributed by atoms with Gasteiger partial charge in [0, 0.05) is 23.5 Å². The molecule has 2 rings (SSSR count). The van der Waals surface area contributed by atoms with Crippen LogP contribution in [0, 0.1) is 5.82 Å². The van der Waals surface area contributed by atoms with Crippen LogP contribution in [0.2, 0.25) is 0 Å². The Labute approximate surface area is 104 Å². The zero-order chi connectivity index (χ0) is 12.3. The van der Waals surface area contributed by atoms with Gasteiger partial charge in [0.1, 0.15) is 5.82 Å². The molecular weight excluding hydrogens is 243 g/mol. The first kappa shape index (κ1) is 12.3. The molecule has 1 aromatic carbocycles. The first-order valence-electron chi connectivity index (χ1n) is 5.29. The number of thiol groups is 1. The molecular formula is C11H13FN2O2S. The van der Waals surface area contributed by atoms with Crippen LogP contribution in [0.15, 0.2) is 23.1 Å². The molecule has 1 saturated heterocycles. The first-order valence-corrected chi connectivity index (χ1v) is 5.74. The van der Waals surface area contributed by atoms with Crippen molar-refractivity contribution in [3.63, 3.8) is 0 Å². The van der Waals surface area contributed by atoms with Crippen molar-refractivity contribution in [2.45, 2.75) is 4.90 Å². The van der Waals surface area contributed by atoms with Gasteiger partial charge in [-0.25, -0.2) is 9.40 Å². The average Bonchev–Trinajstić information content (AvgIpc) is 2.34. The summed E-state index contributed by atoms with van der Waals surface area (Å²) in [6, 6.07) is 4.08. The molecule has 6 heteroatoms. The Morgan fingerprint density at radius 1 is 1.41 bits per heavy atom. The fraction of sp³-hybridized carbons (Fsp3) is 0.364. The van der Waals surface area contributed by atoms with Gasteiger partial charge in [-0.15, -0.1) is 12.6 Å². The zero-order valence-corrected chi connectivity index (χ0v) is 10.0. The number of morpholine rings is 1. The minimum absolute atomic E-state index is 0.166. The first-order chi connectivity index (χ1) is 8.16. The second-order valence-corrected chi connectivity index (χ2v) is 4.19. The van der Waals surface area contributed by atoms with E-state index in [1.54, 1.807) is 5.01 Å². The van der Waals surface area contributed by atoms with E-state index in [0.29, 0.717) is 31.9 Å². The lowest BCUT2D eigenvalue weighted by atomic mass is 10.2. The number of amides is 1. The summed E-state index contributed by atoms with van der Waals surface area (Å²) in [5.74, 6) is -0.696. The number of nitrogens with one attached hydrogen (secondary N) is 1. The highest BCUT2D eigenvalue weighted by atomic mass is 32.1. The van der Waals surface area contributed by atoms with Crippen LogP contribution in [0.25, 0.3) is 0 Å². The van der Waals surface area contributed by atoms with Crippen LogP contribution < -0.4 is 5.43 Å². The molecule has 0 bridgehead atoms. The number of hydrogen-bond acceptors (Lipinski definition) is 4. The van der Waals surface area contributed by atoms with Crippen LogP contribution in [0.5, 0.6) is 0 Å². The fourth-order valence-electron chi connectivity index (χ4n) is 1.54. The van der Waals surface area contributed by atoms with Crippen molar-refractivity contribution in [3.8, 4) is 0 Å². The Bertz CT molecular complexity index is 422. The van der Waals surface area contributed by atoms with E-state index in [0.717, 1.165) is 0 Å². The minimum atomic E-state index is -0.434. The lowest BCUT2D eigenvalue weighted by Gasteiger charge is -2.26. The number of hydrogen-bond donors (Lipinski definition) is 2. The quantitative estimate of drug-likeness (QED) is 0.778. The predicted molar refractivity (Wildman–Crippen MR) is 63.5 cm³/mol. The molecule has 0 radical (unpaired) electrons. The highest BCUT2D eigenvalue weighted by molar-refractivity contribution is 7.80. The van der Waals surface area contributed by atoms with Crippen LogP contribution in [-0.4, -0.2) is 37.2 Å². The molecule has 1 aromatic rings. The molecule has 1 N–H and O–H groups in total. The lowest BCUT2D eigenvalue weighted by Crippen LogP contribution is -2.48. The topological polar surface area (TPSA) is 41.6 Å². The third-order valence-electron chi connectivity index (χ3n) is 2.48. The minimum Gasteiger partial charge on any atom is -0.379 e. The number of carbonyl (C=O) groups is 1. The molecule has 0 aliphatic carbocycles. The van der Waals surface area contributed by atoms with Crippen LogP contribution in [0.1, 0.15) is 10.4 Å². The maximum absolute atomic E-state index is 13.0. The van der Waals surface area contributed by atoms with Gasteiger partial charge in [-0.2, -0.15) is 0 Å². The van der Waals surface area contributed by atoms with E-state index in [1.165, 1.54) is 18.2 Å². The summed E-state index contributed by atoms with van der Waals surface area (Å²) < 4.78 is 18.2. The summed E-state index contributed by atoms with van der Waals surface area (Å²) in [6.07, 6.45) is 0. The van der Waals surface area contributed by atoms with E-state index in [4.69, 9.17) is 4.74 Å². The number of carbonyl (C=O) groups excluding carboxylic acids is 1. The number of ether oxygens (including phenoxy) is 1. The van der Waals surface area contributed by atoms with Crippen molar-refractivity contribution in [2.75, 3.05) is 26.3 Å². The normalized spacial score (nSPS) is 16.8. The summed E-state index contributed by atoms with van der Waals surface area (Å²) in [5.41, 5.74) is 3.13. The van der Waals surface area contributed by atoms with Crippen LogP contribution in [0.4, 0.5) is 4.39 Å². The van der Waals surface area contributed by atoms with Gasteiger partial charge in [-0.3, -0.25) is 10.2 Å². The van der Waals surface area contributed by atoms with Crippen LogP contribution >= 0.6 is 12.6 Å². The second kappa shape index (κ2) is 5.48. The average molecular weight is 256 g/mol. The number of rotatable bonds is 2. The third-order valence-corrected chi connectivity index (χ3v) is 2.82. The van der Waals surface area contributed by atoms with Gasteiger partial charge >= 0.3 is 0 Å². The Morgan fingerprint density at radius 3 is 2.76 bits per heavy atom. The highest BCUT2D eigenvalue weighted by Gasteiger charge is 2.14. The van der Waals surface area contributed by atoms with E-state index < -0.39 is 5.82 Å². The SMILES string of the molecule is O=C(NN1CCOCC1)c1ccc(F)c(S)c1. The second-order valence-electron chi connectivity index (χ2n) is 3.71. The summed E-state index contributed by atoms with van der Waals surface area (Å²) >= 11 is 3.94. The molecule has 1 fully saturated rings. The van der Waals surface area contributed by atoms with Crippen molar-refractivity contribution in [3.05, 3.63) is 29.6 Å². The van der Waals surface area contributed by atoms with Crippen molar-refractivity contribution < 1.29 is 13.9 Å². The maximum atomic E-state index is 13.0. The molecule has 1 aliphatic heterocycles. The van der Waals surface area contributed by atoms with Crippen molar-refractivity contribution >= 4 is 18.5 Å². The molecule has 4 nitrogen and oxygen atoms in total. The van der Waals surface area contributed by atoms with Gasteiger partial charge in [-0.05, 0) is 18.2 Å². The van der Waals surface area contributed by atoms with Crippen molar-refractivity contribution in [1.29, 1.82) is 0 Å². The molecule has 92 valence electrons. The van der Waals surface area contributed by atoms with Gasteiger partial charge in [0.2, 0.25) is 0 Å². The molecule has 1 heterocycles.